The number of nitrogens with one attached hydrogen (secondary N) is 1. The molecule has 78 valence electrons. The number of carbonyl (C=O) groups excluding carboxylic acids is 2. The predicted molar refractivity (Wildman–Crippen MR) is 53.9 cm³/mol. The maximum Gasteiger partial charge on any atom is 0.337 e. The van der Waals surface area contributed by atoms with Crippen molar-refractivity contribution in [2.24, 2.45) is 0 Å². The number of methoxy groups -OCH3 is 1. The molecule has 0 bridgehead atoms. The van der Waals surface area contributed by atoms with E-state index in [-0.39, 0.29) is 5.97 Å². The van der Waals surface area contributed by atoms with Gasteiger partial charge in [-0.15, -0.1) is 0 Å². The Morgan fingerprint density at radius 1 is 1.33 bits per heavy atom. The van der Waals surface area contributed by atoms with Gasteiger partial charge < -0.3 is 10.1 Å². The van der Waals surface area contributed by atoms with E-state index < -0.39 is 5.91 Å². The fourth-order valence-corrected chi connectivity index (χ4v) is 1.07. The maximum atomic E-state index is 11.1. The number of hydrogen-bond donors (Lipinski definition) is 1. The molecule has 2 radical (unpaired) electrons. The Morgan fingerprint density at radius 2 is 1.93 bits per heavy atom. The third-order valence-electron chi connectivity index (χ3n) is 1.84. The van der Waals surface area contributed by atoms with E-state index in [1.165, 1.54) is 7.11 Å². The van der Waals surface area contributed by atoms with Crippen molar-refractivity contribution in [3.05, 3.63) is 42.3 Å². The van der Waals surface area contributed by atoms with Crippen LogP contribution in [0, 0.1) is 6.92 Å². The van der Waals surface area contributed by atoms with Crippen molar-refractivity contribution in [2.75, 3.05) is 7.11 Å². The van der Waals surface area contributed by atoms with Crippen LogP contribution in [0.5, 0.6) is 0 Å². The Morgan fingerprint density at radius 3 is 2.40 bits per heavy atom. The summed E-state index contributed by atoms with van der Waals surface area (Å²) >= 11 is 0. The number of rotatable bonds is 3. The summed E-state index contributed by atoms with van der Waals surface area (Å²) in [6.45, 7) is 5.26. The minimum absolute atomic E-state index is 0.344. The highest BCUT2D eigenvalue weighted by molar-refractivity contribution is 5.89. The first-order valence-corrected chi connectivity index (χ1v) is 4.34. The van der Waals surface area contributed by atoms with Crippen LogP contribution in [0.4, 0.5) is 0 Å². The lowest BCUT2D eigenvalue weighted by molar-refractivity contribution is -0.116. The van der Waals surface area contributed by atoms with Crippen LogP contribution in [-0.4, -0.2) is 19.0 Å². The first-order chi connectivity index (χ1) is 7.13. The average molecular weight is 205 g/mol. The van der Waals surface area contributed by atoms with Crippen LogP contribution < -0.4 is 5.32 Å². The lowest BCUT2D eigenvalue weighted by Crippen LogP contribution is -2.19. The van der Waals surface area contributed by atoms with Crippen molar-refractivity contribution in [3.8, 4) is 0 Å². The molecule has 15 heavy (non-hydrogen) atoms. The van der Waals surface area contributed by atoms with E-state index in [4.69, 9.17) is 6.92 Å². The van der Waals surface area contributed by atoms with E-state index in [1.54, 1.807) is 24.3 Å². The molecular weight excluding hydrogens is 194 g/mol. The zero-order chi connectivity index (χ0) is 11.3. The summed E-state index contributed by atoms with van der Waals surface area (Å²) in [7, 11) is 1.32. The molecule has 0 unspecified atom stereocenters. The van der Waals surface area contributed by atoms with Crippen molar-refractivity contribution < 1.29 is 14.3 Å². The Bertz CT molecular complexity index is 357. The summed E-state index contributed by atoms with van der Waals surface area (Å²) in [4.78, 5) is 21.5. The monoisotopic (exact) mass is 205 g/mol. The molecule has 0 atom stereocenters. The zero-order valence-electron chi connectivity index (χ0n) is 8.32. The van der Waals surface area contributed by atoms with Crippen LogP contribution >= 0.6 is 0 Å². The molecule has 0 fully saturated rings. The van der Waals surface area contributed by atoms with Gasteiger partial charge in [-0.2, -0.15) is 0 Å². The topological polar surface area (TPSA) is 55.4 Å². The number of esters is 1. The standard InChI is InChI=1S/C11H11NO3/c1-8(13)12-7-9-3-5-10(6-4-9)11(14)15-2/h1,3-6H,7H2,2H3,(H,12,13). The largest absolute Gasteiger partial charge is 0.465 e. The van der Waals surface area contributed by atoms with Crippen molar-refractivity contribution in [1.82, 2.24) is 5.32 Å². The smallest absolute Gasteiger partial charge is 0.337 e. The SMILES string of the molecule is [CH]C(=O)NCc1ccc(C(=O)OC)cc1. The van der Waals surface area contributed by atoms with Crippen LogP contribution in [0.3, 0.4) is 0 Å². The second-order valence-electron chi connectivity index (χ2n) is 2.91. The Balaban J connectivity index is 2.64. The van der Waals surface area contributed by atoms with E-state index >= 15 is 0 Å². The van der Waals surface area contributed by atoms with Gasteiger partial charge in [-0.3, -0.25) is 4.79 Å². The van der Waals surface area contributed by atoms with Crippen LogP contribution in [-0.2, 0) is 16.1 Å². The molecular formula is C11H11NO3. The van der Waals surface area contributed by atoms with Crippen LogP contribution in [0.15, 0.2) is 24.3 Å². The number of hydrogen-bond acceptors (Lipinski definition) is 3. The van der Waals surface area contributed by atoms with Gasteiger partial charge in [0.05, 0.1) is 19.6 Å². The first kappa shape index (κ1) is 11.2. The Kier molecular flexibility index (Phi) is 3.85. The fraction of sp³-hybridized carbons (Fsp3) is 0.182. The second kappa shape index (κ2) is 5.14. The normalized spacial score (nSPS) is 9.47. The molecule has 0 spiro atoms. The molecule has 1 amide bonds. The highest BCUT2D eigenvalue weighted by Gasteiger charge is 2.03. The van der Waals surface area contributed by atoms with Crippen LogP contribution in [0.25, 0.3) is 0 Å². The van der Waals surface area contributed by atoms with E-state index in [1.807, 2.05) is 0 Å². The van der Waals surface area contributed by atoms with Crippen molar-refractivity contribution >= 4 is 11.9 Å². The van der Waals surface area contributed by atoms with Gasteiger partial charge in [-0.1, -0.05) is 12.1 Å². The molecule has 1 aromatic rings. The van der Waals surface area contributed by atoms with E-state index in [2.05, 4.69) is 10.1 Å². The van der Waals surface area contributed by atoms with E-state index in [9.17, 15) is 9.59 Å². The summed E-state index contributed by atoms with van der Waals surface area (Å²) in [5, 5.41) is 2.45. The van der Waals surface area contributed by atoms with Gasteiger partial charge in [0, 0.05) is 6.54 Å². The molecule has 1 N–H and O–H groups in total. The summed E-state index contributed by atoms with van der Waals surface area (Å²) in [5.74, 6) is -0.962. The number of benzene rings is 1. The minimum Gasteiger partial charge on any atom is -0.465 e. The van der Waals surface area contributed by atoms with Crippen molar-refractivity contribution in [2.45, 2.75) is 6.54 Å². The first-order valence-electron chi connectivity index (χ1n) is 4.34. The fourth-order valence-electron chi connectivity index (χ4n) is 1.07. The van der Waals surface area contributed by atoms with Crippen LogP contribution in [0.1, 0.15) is 15.9 Å². The maximum absolute atomic E-state index is 11.1. The number of ether oxygens (including phenoxy) is 1. The minimum atomic E-state index is -0.577. The molecule has 0 saturated carbocycles. The predicted octanol–water partition coefficient (Wildman–Crippen LogP) is 0.800. The van der Waals surface area contributed by atoms with Gasteiger partial charge >= 0.3 is 5.97 Å². The Labute approximate surface area is 88.2 Å². The molecule has 0 aliphatic heterocycles. The highest BCUT2D eigenvalue weighted by atomic mass is 16.5. The summed E-state index contributed by atoms with van der Waals surface area (Å²) in [6.07, 6.45) is 0. The lowest BCUT2D eigenvalue weighted by atomic mass is 10.1. The summed E-state index contributed by atoms with van der Waals surface area (Å²) in [5.41, 5.74) is 1.33. The van der Waals surface area contributed by atoms with Gasteiger partial charge in [-0.25, -0.2) is 4.79 Å². The molecule has 1 rings (SSSR count). The van der Waals surface area contributed by atoms with Gasteiger partial charge in [0.25, 0.3) is 0 Å². The molecule has 0 aromatic heterocycles. The van der Waals surface area contributed by atoms with Gasteiger partial charge in [0.2, 0.25) is 5.91 Å². The van der Waals surface area contributed by atoms with Gasteiger partial charge in [-0.05, 0) is 17.7 Å². The van der Waals surface area contributed by atoms with Gasteiger partial charge in [0.15, 0.2) is 0 Å². The van der Waals surface area contributed by atoms with Crippen molar-refractivity contribution in [3.63, 3.8) is 0 Å². The highest BCUT2D eigenvalue weighted by Crippen LogP contribution is 2.05. The molecule has 4 nitrogen and oxygen atoms in total. The quantitative estimate of drug-likeness (QED) is 0.742. The summed E-state index contributed by atoms with van der Waals surface area (Å²) < 4.78 is 4.55. The average Bonchev–Trinajstić information content (AvgIpc) is 2.26. The molecule has 0 saturated heterocycles. The van der Waals surface area contributed by atoms with E-state index in [0.717, 1.165) is 5.56 Å². The summed E-state index contributed by atoms with van der Waals surface area (Å²) in [6, 6.07) is 6.71. The van der Waals surface area contributed by atoms with Crippen LogP contribution in [0.2, 0.25) is 0 Å². The molecule has 1 aromatic carbocycles. The van der Waals surface area contributed by atoms with E-state index in [0.29, 0.717) is 12.1 Å². The third kappa shape index (κ3) is 3.42. The number of amides is 1. The lowest BCUT2D eigenvalue weighted by Gasteiger charge is -2.03. The van der Waals surface area contributed by atoms with Crippen molar-refractivity contribution in [1.29, 1.82) is 0 Å². The molecule has 4 heteroatoms. The molecule has 0 heterocycles. The Hall–Kier alpha value is -1.84. The zero-order valence-corrected chi connectivity index (χ0v) is 8.32. The molecule has 0 aliphatic carbocycles. The number of carbonyl (C=O) groups is 2. The van der Waals surface area contributed by atoms with Gasteiger partial charge in [0.1, 0.15) is 0 Å². The molecule has 0 aliphatic rings. The second-order valence-corrected chi connectivity index (χ2v) is 2.91. The third-order valence-corrected chi connectivity index (χ3v) is 1.84.